The number of carbonyl (C=O) groups excluding carboxylic acids is 2. The van der Waals surface area contributed by atoms with Gasteiger partial charge in [-0.15, -0.1) is 11.8 Å². The molecule has 1 aliphatic rings. The maximum Gasteiger partial charge on any atom is 0.255 e. The molecule has 1 aliphatic heterocycles. The Bertz CT molecular complexity index is 798. The number of hydrogen-bond acceptors (Lipinski definition) is 3. The number of amides is 2. The molecule has 1 heterocycles. The molecule has 142 valence electrons. The van der Waals surface area contributed by atoms with E-state index in [9.17, 15) is 9.59 Å². The van der Waals surface area contributed by atoms with Crippen LogP contribution in [0.2, 0.25) is 0 Å². The number of thioether (sulfide) groups is 1. The summed E-state index contributed by atoms with van der Waals surface area (Å²) in [5.41, 5.74) is 2.97. The van der Waals surface area contributed by atoms with Crippen molar-refractivity contribution >= 4 is 23.6 Å². The third-order valence-corrected chi connectivity index (χ3v) is 5.87. The van der Waals surface area contributed by atoms with Crippen molar-refractivity contribution in [2.75, 3.05) is 25.9 Å². The molecule has 0 spiro atoms. The molecule has 0 aromatic heterocycles. The highest BCUT2D eigenvalue weighted by molar-refractivity contribution is 8.00. The van der Waals surface area contributed by atoms with Crippen LogP contribution in [0, 0.1) is 6.92 Å². The van der Waals surface area contributed by atoms with Gasteiger partial charge in [0.15, 0.2) is 0 Å². The fourth-order valence-corrected chi connectivity index (χ4v) is 4.16. The first-order valence-corrected chi connectivity index (χ1v) is 10.3. The SMILES string of the molecule is Cc1ccc(CN(C)C(=O)c2ccccc2SCC(=O)N2CCCC2)cc1. The van der Waals surface area contributed by atoms with Crippen LogP contribution in [0.5, 0.6) is 0 Å². The fourth-order valence-electron chi connectivity index (χ4n) is 3.21. The third-order valence-electron chi connectivity index (χ3n) is 4.81. The summed E-state index contributed by atoms with van der Waals surface area (Å²) in [6.07, 6.45) is 2.19. The van der Waals surface area contributed by atoms with E-state index in [1.54, 1.807) is 4.90 Å². The fraction of sp³-hybridized carbons (Fsp3) is 0.364. The molecule has 0 aliphatic carbocycles. The van der Waals surface area contributed by atoms with Crippen molar-refractivity contribution in [3.63, 3.8) is 0 Å². The molecule has 0 saturated carbocycles. The monoisotopic (exact) mass is 382 g/mol. The molecule has 27 heavy (non-hydrogen) atoms. The van der Waals surface area contributed by atoms with Crippen molar-refractivity contribution in [2.24, 2.45) is 0 Å². The van der Waals surface area contributed by atoms with E-state index in [1.807, 2.05) is 36.2 Å². The minimum absolute atomic E-state index is 0.0210. The average molecular weight is 383 g/mol. The number of likely N-dealkylation sites (tertiary alicyclic amines) is 1. The van der Waals surface area contributed by atoms with E-state index in [-0.39, 0.29) is 11.8 Å². The summed E-state index contributed by atoms with van der Waals surface area (Å²) in [7, 11) is 1.82. The van der Waals surface area contributed by atoms with E-state index < -0.39 is 0 Å². The van der Waals surface area contributed by atoms with Crippen molar-refractivity contribution in [3.8, 4) is 0 Å². The maximum absolute atomic E-state index is 13.0. The Balaban J connectivity index is 1.65. The van der Waals surface area contributed by atoms with E-state index in [1.165, 1.54) is 17.3 Å². The number of rotatable bonds is 6. The molecule has 0 bridgehead atoms. The zero-order valence-electron chi connectivity index (χ0n) is 16.0. The lowest BCUT2D eigenvalue weighted by atomic mass is 10.1. The van der Waals surface area contributed by atoms with Gasteiger partial charge in [-0.05, 0) is 37.5 Å². The molecule has 0 N–H and O–H groups in total. The van der Waals surface area contributed by atoms with Gasteiger partial charge in [-0.25, -0.2) is 0 Å². The van der Waals surface area contributed by atoms with E-state index in [4.69, 9.17) is 0 Å². The summed E-state index contributed by atoms with van der Waals surface area (Å²) in [6, 6.07) is 15.8. The van der Waals surface area contributed by atoms with Gasteiger partial charge in [0, 0.05) is 31.6 Å². The molecule has 0 atom stereocenters. The van der Waals surface area contributed by atoms with Crippen LogP contribution in [-0.2, 0) is 11.3 Å². The number of nitrogens with zero attached hydrogens (tertiary/aromatic N) is 2. The summed E-state index contributed by atoms with van der Waals surface area (Å²) < 4.78 is 0. The highest BCUT2D eigenvalue weighted by atomic mass is 32.2. The zero-order valence-corrected chi connectivity index (χ0v) is 16.8. The van der Waals surface area contributed by atoms with E-state index in [0.29, 0.717) is 17.9 Å². The normalized spacial score (nSPS) is 13.6. The van der Waals surface area contributed by atoms with Crippen LogP contribution in [-0.4, -0.2) is 47.5 Å². The molecular weight excluding hydrogens is 356 g/mol. The number of hydrogen-bond donors (Lipinski definition) is 0. The van der Waals surface area contributed by atoms with Gasteiger partial charge >= 0.3 is 0 Å². The minimum atomic E-state index is -0.0210. The molecule has 2 amide bonds. The van der Waals surface area contributed by atoms with E-state index in [0.717, 1.165) is 36.4 Å². The molecule has 1 saturated heterocycles. The van der Waals surface area contributed by atoms with Crippen LogP contribution in [0.25, 0.3) is 0 Å². The zero-order chi connectivity index (χ0) is 19.2. The Hall–Kier alpha value is -2.27. The van der Waals surface area contributed by atoms with Gasteiger partial charge < -0.3 is 9.80 Å². The third kappa shape index (κ3) is 5.13. The predicted octanol–water partition coefficient (Wildman–Crippen LogP) is 3.98. The molecule has 3 rings (SSSR count). The van der Waals surface area contributed by atoms with Crippen molar-refractivity contribution in [1.82, 2.24) is 9.80 Å². The predicted molar refractivity (Wildman–Crippen MR) is 110 cm³/mol. The lowest BCUT2D eigenvalue weighted by Crippen LogP contribution is -2.29. The van der Waals surface area contributed by atoms with Crippen molar-refractivity contribution in [2.45, 2.75) is 31.2 Å². The first-order chi connectivity index (χ1) is 13.0. The van der Waals surface area contributed by atoms with E-state index >= 15 is 0 Å². The van der Waals surface area contributed by atoms with Gasteiger partial charge in [0.1, 0.15) is 0 Å². The second kappa shape index (κ2) is 9.09. The van der Waals surface area contributed by atoms with Crippen LogP contribution in [0.1, 0.15) is 34.3 Å². The van der Waals surface area contributed by atoms with Gasteiger partial charge in [-0.1, -0.05) is 42.0 Å². The lowest BCUT2D eigenvalue weighted by Gasteiger charge is -2.20. The van der Waals surface area contributed by atoms with Gasteiger partial charge in [-0.3, -0.25) is 9.59 Å². The van der Waals surface area contributed by atoms with Crippen LogP contribution in [0.4, 0.5) is 0 Å². The molecule has 0 unspecified atom stereocenters. The van der Waals surface area contributed by atoms with Gasteiger partial charge in [0.05, 0.1) is 11.3 Å². The van der Waals surface area contributed by atoms with Crippen molar-refractivity contribution < 1.29 is 9.59 Å². The molecule has 1 fully saturated rings. The Morgan fingerprint density at radius 3 is 2.41 bits per heavy atom. The Kier molecular flexibility index (Phi) is 6.56. The number of carbonyl (C=O) groups is 2. The summed E-state index contributed by atoms with van der Waals surface area (Å²) in [5.74, 6) is 0.520. The Morgan fingerprint density at radius 2 is 1.70 bits per heavy atom. The molecule has 2 aromatic carbocycles. The molecule has 2 aromatic rings. The lowest BCUT2D eigenvalue weighted by molar-refractivity contribution is -0.127. The highest BCUT2D eigenvalue weighted by Crippen LogP contribution is 2.25. The topological polar surface area (TPSA) is 40.6 Å². The van der Waals surface area contributed by atoms with Crippen molar-refractivity contribution in [3.05, 3.63) is 65.2 Å². The number of benzene rings is 2. The Labute approximate surface area is 165 Å². The van der Waals surface area contributed by atoms with Crippen LogP contribution < -0.4 is 0 Å². The standard InChI is InChI=1S/C22H26N2O2S/c1-17-9-11-18(12-10-17)15-23(2)22(26)19-7-3-4-8-20(19)27-16-21(25)24-13-5-6-14-24/h3-4,7-12H,5-6,13-16H2,1-2H3. The average Bonchev–Trinajstić information content (AvgIpc) is 3.22. The van der Waals surface area contributed by atoms with Gasteiger partial charge in [-0.2, -0.15) is 0 Å². The van der Waals surface area contributed by atoms with Crippen LogP contribution in [0.15, 0.2) is 53.4 Å². The first-order valence-electron chi connectivity index (χ1n) is 9.35. The quantitative estimate of drug-likeness (QED) is 0.710. The maximum atomic E-state index is 13.0. The van der Waals surface area contributed by atoms with Crippen LogP contribution >= 0.6 is 11.8 Å². The van der Waals surface area contributed by atoms with Crippen molar-refractivity contribution in [1.29, 1.82) is 0 Å². The second-order valence-electron chi connectivity index (χ2n) is 7.02. The van der Waals surface area contributed by atoms with Gasteiger partial charge in [0.2, 0.25) is 5.91 Å². The van der Waals surface area contributed by atoms with Crippen LogP contribution in [0.3, 0.4) is 0 Å². The summed E-state index contributed by atoms with van der Waals surface area (Å²) in [5, 5.41) is 0. The summed E-state index contributed by atoms with van der Waals surface area (Å²) in [4.78, 5) is 29.8. The largest absolute Gasteiger partial charge is 0.342 e. The smallest absolute Gasteiger partial charge is 0.255 e. The molecule has 5 heteroatoms. The molecule has 0 radical (unpaired) electrons. The first kappa shape index (κ1) is 19.5. The Morgan fingerprint density at radius 1 is 1.04 bits per heavy atom. The molecule has 4 nitrogen and oxygen atoms in total. The number of aryl methyl sites for hydroxylation is 1. The summed E-state index contributed by atoms with van der Waals surface area (Å²) >= 11 is 1.46. The highest BCUT2D eigenvalue weighted by Gasteiger charge is 2.20. The van der Waals surface area contributed by atoms with Gasteiger partial charge in [0.25, 0.3) is 5.91 Å². The summed E-state index contributed by atoms with van der Waals surface area (Å²) in [6.45, 7) is 4.33. The molecular formula is C22H26N2O2S. The second-order valence-corrected chi connectivity index (χ2v) is 8.04. The van der Waals surface area contributed by atoms with E-state index in [2.05, 4.69) is 31.2 Å². The minimum Gasteiger partial charge on any atom is -0.342 e.